The van der Waals surface area contributed by atoms with Gasteiger partial charge in [0.1, 0.15) is 0 Å². The van der Waals surface area contributed by atoms with E-state index in [1.54, 1.807) is 11.8 Å². The molecular formula is C12H21NO3. The summed E-state index contributed by atoms with van der Waals surface area (Å²) in [7, 11) is 0. The summed E-state index contributed by atoms with van der Waals surface area (Å²) in [6.45, 7) is 4.72. The molecule has 0 N–H and O–H groups in total. The molecule has 1 atom stereocenters. The molecular weight excluding hydrogens is 206 g/mol. The number of ether oxygens (including phenoxy) is 1. The number of carbonyl (C=O) groups is 2. The number of carbonyl (C=O) groups excluding carboxylic acids is 2. The van der Waals surface area contributed by atoms with Gasteiger partial charge in [-0.25, -0.2) is 4.79 Å². The van der Waals surface area contributed by atoms with E-state index in [9.17, 15) is 9.59 Å². The van der Waals surface area contributed by atoms with Crippen LogP contribution in [0.25, 0.3) is 0 Å². The summed E-state index contributed by atoms with van der Waals surface area (Å²) < 4.78 is 4.76. The van der Waals surface area contributed by atoms with E-state index in [1.165, 1.54) is 0 Å². The number of hydrogen-bond donors (Lipinski definition) is 0. The number of likely N-dealkylation sites (tertiary alicyclic amines) is 1. The van der Waals surface area contributed by atoms with E-state index in [-0.39, 0.29) is 12.6 Å². The Bertz CT molecular complexity index is 253. The minimum atomic E-state index is -0.706. The van der Waals surface area contributed by atoms with Crippen molar-refractivity contribution in [2.75, 3.05) is 13.2 Å². The van der Waals surface area contributed by atoms with Gasteiger partial charge in [-0.05, 0) is 26.2 Å². The third kappa shape index (κ3) is 3.22. The van der Waals surface area contributed by atoms with E-state index in [2.05, 4.69) is 6.92 Å². The molecule has 0 radical (unpaired) electrons. The Hall–Kier alpha value is -1.06. The van der Waals surface area contributed by atoms with Gasteiger partial charge in [-0.2, -0.15) is 0 Å². The van der Waals surface area contributed by atoms with Crippen molar-refractivity contribution in [1.29, 1.82) is 0 Å². The van der Waals surface area contributed by atoms with Crippen LogP contribution in [0.1, 0.15) is 46.0 Å². The van der Waals surface area contributed by atoms with Gasteiger partial charge in [-0.1, -0.05) is 19.8 Å². The summed E-state index contributed by atoms with van der Waals surface area (Å²) in [4.78, 5) is 25.0. The van der Waals surface area contributed by atoms with Gasteiger partial charge in [0.15, 0.2) is 0 Å². The SMILES string of the molecule is CCOC(=O)C(=O)N1CCCCCC1CC. The van der Waals surface area contributed by atoms with Crippen LogP contribution in [0.3, 0.4) is 0 Å². The molecule has 4 nitrogen and oxygen atoms in total. The summed E-state index contributed by atoms with van der Waals surface area (Å²) in [5.41, 5.74) is 0. The molecule has 0 aromatic heterocycles. The van der Waals surface area contributed by atoms with E-state index in [0.29, 0.717) is 6.54 Å². The van der Waals surface area contributed by atoms with Crippen LogP contribution in [0.15, 0.2) is 0 Å². The Morgan fingerprint density at radius 2 is 2.00 bits per heavy atom. The van der Waals surface area contributed by atoms with Crippen LogP contribution in [0, 0.1) is 0 Å². The third-order valence-electron chi connectivity index (χ3n) is 3.06. The molecule has 92 valence electrons. The highest BCUT2D eigenvalue weighted by molar-refractivity contribution is 6.32. The van der Waals surface area contributed by atoms with Gasteiger partial charge in [0.05, 0.1) is 6.61 Å². The summed E-state index contributed by atoms with van der Waals surface area (Å²) >= 11 is 0. The minimum absolute atomic E-state index is 0.208. The molecule has 1 rings (SSSR count). The van der Waals surface area contributed by atoms with Crippen molar-refractivity contribution < 1.29 is 14.3 Å². The van der Waals surface area contributed by atoms with Crippen LogP contribution in [0.5, 0.6) is 0 Å². The van der Waals surface area contributed by atoms with Crippen LogP contribution in [-0.4, -0.2) is 36.0 Å². The normalized spacial score (nSPS) is 21.4. The number of nitrogens with zero attached hydrogens (tertiary/aromatic N) is 1. The van der Waals surface area contributed by atoms with Crippen molar-refractivity contribution in [1.82, 2.24) is 4.90 Å². The molecule has 0 saturated carbocycles. The average molecular weight is 227 g/mol. The first kappa shape index (κ1) is 13.0. The molecule has 1 fully saturated rings. The summed E-state index contributed by atoms with van der Waals surface area (Å²) in [5, 5.41) is 0. The molecule has 1 aliphatic heterocycles. The Morgan fingerprint density at radius 1 is 1.25 bits per heavy atom. The Labute approximate surface area is 96.9 Å². The molecule has 1 unspecified atom stereocenters. The Morgan fingerprint density at radius 3 is 2.62 bits per heavy atom. The zero-order valence-corrected chi connectivity index (χ0v) is 10.2. The molecule has 1 amide bonds. The molecule has 0 aromatic carbocycles. The molecule has 0 bridgehead atoms. The number of esters is 1. The highest BCUT2D eigenvalue weighted by Crippen LogP contribution is 2.19. The van der Waals surface area contributed by atoms with Crippen molar-refractivity contribution >= 4 is 11.9 Å². The fourth-order valence-corrected chi connectivity index (χ4v) is 2.18. The Kier molecular flexibility index (Phi) is 5.29. The minimum Gasteiger partial charge on any atom is -0.459 e. The second kappa shape index (κ2) is 6.51. The maximum atomic E-state index is 11.9. The average Bonchev–Trinajstić information content (AvgIpc) is 2.53. The molecule has 0 aromatic rings. The first-order valence-electron chi connectivity index (χ1n) is 6.18. The summed E-state index contributed by atoms with van der Waals surface area (Å²) in [6, 6.07) is 0.208. The number of hydrogen-bond acceptors (Lipinski definition) is 3. The maximum absolute atomic E-state index is 11.9. The van der Waals surface area contributed by atoms with E-state index >= 15 is 0 Å². The largest absolute Gasteiger partial charge is 0.459 e. The van der Waals surface area contributed by atoms with E-state index in [0.717, 1.165) is 32.1 Å². The first-order chi connectivity index (χ1) is 7.70. The predicted octanol–water partition coefficient (Wildman–Crippen LogP) is 1.73. The van der Waals surface area contributed by atoms with E-state index < -0.39 is 11.9 Å². The second-order valence-corrected chi connectivity index (χ2v) is 4.13. The lowest BCUT2D eigenvalue weighted by Gasteiger charge is -2.28. The molecule has 0 aliphatic carbocycles. The quantitative estimate of drug-likeness (QED) is 0.533. The standard InChI is InChI=1S/C12H21NO3/c1-3-10-8-6-5-7-9-13(10)11(14)12(15)16-4-2/h10H,3-9H2,1-2H3. The molecule has 4 heteroatoms. The van der Waals surface area contributed by atoms with E-state index in [1.807, 2.05) is 0 Å². The van der Waals surface area contributed by atoms with Crippen LogP contribution >= 0.6 is 0 Å². The smallest absolute Gasteiger partial charge is 0.397 e. The molecule has 0 spiro atoms. The van der Waals surface area contributed by atoms with Crippen molar-refractivity contribution in [3.8, 4) is 0 Å². The fourth-order valence-electron chi connectivity index (χ4n) is 2.18. The zero-order valence-electron chi connectivity index (χ0n) is 10.2. The van der Waals surface area contributed by atoms with Crippen LogP contribution in [0.4, 0.5) is 0 Å². The zero-order chi connectivity index (χ0) is 12.0. The molecule has 16 heavy (non-hydrogen) atoms. The van der Waals surface area contributed by atoms with E-state index in [4.69, 9.17) is 4.74 Å². The van der Waals surface area contributed by atoms with Crippen molar-refractivity contribution in [2.45, 2.75) is 52.0 Å². The lowest BCUT2D eigenvalue weighted by atomic mass is 10.1. The maximum Gasteiger partial charge on any atom is 0.397 e. The topological polar surface area (TPSA) is 46.6 Å². The molecule has 1 saturated heterocycles. The van der Waals surface area contributed by atoms with Crippen molar-refractivity contribution in [3.63, 3.8) is 0 Å². The second-order valence-electron chi connectivity index (χ2n) is 4.13. The molecule has 1 heterocycles. The lowest BCUT2D eigenvalue weighted by Crippen LogP contribution is -2.44. The Balaban J connectivity index is 2.65. The van der Waals surface area contributed by atoms with Gasteiger partial charge in [0, 0.05) is 12.6 Å². The highest BCUT2D eigenvalue weighted by Gasteiger charge is 2.29. The van der Waals surface area contributed by atoms with Gasteiger partial charge in [-0.3, -0.25) is 4.79 Å². The van der Waals surface area contributed by atoms with Gasteiger partial charge in [-0.15, -0.1) is 0 Å². The number of amides is 1. The number of rotatable bonds is 2. The van der Waals surface area contributed by atoms with Crippen molar-refractivity contribution in [3.05, 3.63) is 0 Å². The van der Waals surface area contributed by atoms with Crippen LogP contribution < -0.4 is 0 Å². The summed E-state index contributed by atoms with van der Waals surface area (Å²) in [5.74, 6) is -1.17. The monoisotopic (exact) mass is 227 g/mol. The van der Waals surface area contributed by atoms with Gasteiger partial charge in [0.25, 0.3) is 0 Å². The predicted molar refractivity (Wildman–Crippen MR) is 60.9 cm³/mol. The third-order valence-corrected chi connectivity index (χ3v) is 3.06. The lowest BCUT2D eigenvalue weighted by molar-refractivity contribution is -0.161. The van der Waals surface area contributed by atoms with Crippen LogP contribution in [0.2, 0.25) is 0 Å². The summed E-state index contributed by atoms with van der Waals surface area (Å²) in [6.07, 6.45) is 5.18. The highest BCUT2D eigenvalue weighted by atomic mass is 16.5. The van der Waals surface area contributed by atoms with Gasteiger partial charge < -0.3 is 9.64 Å². The van der Waals surface area contributed by atoms with Crippen molar-refractivity contribution in [2.24, 2.45) is 0 Å². The van der Waals surface area contributed by atoms with Gasteiger partial charge in [0.2, 0.25) is 0 Å². The van der Waals surface area contributed by atoms with Crippen LogP contribution in [-0.2, 0) is 14.3 Å². The molecule has 1 aliphatic rings. The first-order valence-corrected chi connectivity index (χ1v) is 6.18. The van der Waals surface area contributed by atoms with Gasteiger partial charge >= 0.3 is 11.9 Å². The fraction of sp³-hybridized carbons (Fsp3) is 0.833.